The Kier molecular flexibility index (Phi) is 5.88. The van der Waals surface area contributed by atoms with Crippen molar-refractivity contribution in [1.82, 2.24) is 5.32 Å². The van der Waals surface area contributed by atoms with Crippen LogP contribution in [0.5, 0.6) is 0 Å². The molecular formula is C16H15Cl3FN. The van der Waals surface area contributed by atoms with Crippen LogP contribution in [-0.2, 0) is 6.42 Å². The number of halogens is 4. The Balaban J connectivity index is 2.33. The zero-order valence-electron chi connectivity index (χ0n) is 11.5. The van der Waals surface area contributed by atoms with Crippen molar-refractivity contribution < 1.29 is 4.39 Å². The predicted octanol–water partition coefficient (Wildman–Crippen LogP) is 5.68. The molecule has 0 aliphatic rings. The topological polar surface area (TPSA) is 12.0 Å². The summed E-state index contributed by atoms with van der Waals surface area (Å²) in [5.74, 6) is -0.393. The molecule has 0 spiro atoms. The summed E-state index contributed by atoms with van der Waals surface area (Å²) in [6.45, 7) is 2.68. The van der Waals surface area contributed by atoms with Crippen molar-refractivity contribution in [1.29, 1.82) is 0 Å². The lowest BCUT2D eigenvalue weighted by molar-refractivity contribution is 0.510. The van der Waals surface area contributed by atoms with Gasteiger partial charge >= 0.3 is 0 Å². The lowest BCUT2D eigenvalue weighted by Crippen LogP contribution is -2.24. The molecule has 0 saturated heterocycles. The van der Waals surface area contributed by atoms with Crippen LogP contribution in [0.4, 0.5) is 4.39 Å². The molecule has 1 nitrogen and oxygen atoms in total. The first-order valence-electron chi connectivity index (χ1n) is 6.64. The van der Waals surface area contributed by atoms with E-state index in [4.69, 9.17) is 34.8 Å². The van der Waals surface area contributed by atoms with Gasteiger partial charge in [-0.15, -0.1) is 0 Å². The van der Waals surface area contributed by atoms with Gasteiger partial charge < -0.3 is 5.32 Å². The molecule has 112 valence electrons. The van der Waals surface area contributed by atoms with E-state index < -0.39 is 5.82 Å². The van der Waals surface area contributed by atoms with Crippen LogP contribution in [0.1, 0.15) is 24.1 Å². The number of hydrogen-bond acceptors (Lipinski definition) is 1. The van der Waals surface area contributed by atoms with Crippen LogP contribution in [0.15, 0.2) is 36.4 Å². The number of hydrogen-bond donors (Lipinski definition) is 1. The van der Waals surface area contributed by atoms with Crippen molar-refractivity contribution in [3.63, 3.8) is 0 Å². The quantitative estimate of drug-likeness (QED) is 0.734. The third-order valence-corrected chi connectivity index (χ3v) is 4.13. The van der Waals surface area contributed by atoms with Gasteiger partial charge in [-0.2, -0.15) is 0 Å². The summed E-state index contributed by atoms with van der Waals surface area (Å²) < 4.78 is 14.2. The highest BCUT2D eigenvalue weighted by Gasteiger charge is 2.18. The molecule has 0 aliphatic heterocycles. The summed E-state index contributed by atoms with van der Waals surface area (Å²) in [4.78, 5) is 0. The van der Waals surface area contributed by atoms with E-state index in [0.717, 1.165) is 5.56 Å². The molecule has 0 amide bonds. The smallest absolute Gasteiger partial charge is 0.146 e. The number of rotatable bonds is 5. The van der Waals surface area contributed by atoms with Gasteiger partial charge in [0.1, 0.15) is 5.82 Å². The summed E-state index contributed by atoms with van der Waals surface area (Å²) in [6, 6.07) is 10.1. The summed E-state index contributed by atoms with van der Waals surface area (Å²) in [5, 5.41) is 4.55. The van der Waals surface area contributed by atoms with Crippen molar-refractivity contribution in [3.05, 3.63) is 68.4 Å². The second-order valence-corrected chi connectivity index (χ2v) is 5.94. The second-order valence-electron chi connectivity index (χ2n) is 4.69. The van der Waals surface area contributed by atoms with E-state index in [1.54, 1.807) is 30.3 Å². The van der Waals surface area contributed by atoms with Crippen LogP contribution >= 0.6 is 34.8 Å². The first kappa shape index (κ1) is 16.6. The third-order valence-electron chi connectivity index (χ3n) is 3.25. The highest BCUT2D eigenvalue weighted by Crippen LogP contribution is 2.29. The van der Waals surface area contributed by atoms with Crippen LogP contribution in [0.2, 0.25) is 15.1 Å². The maximum atomic E-state index is 14.2. The standard InChI is InChI=1S/C16H15Cl3FN/c1-2-21-15(12-4-3-5-13(18)16(12)20)8-10-6-7-11(17)9-14(10)19/h3-7,9,15,21H,2,8H2,1H3. The molecule has 0 radical (unpaired) electrons. The molecule has 0 saturated carbocycles. The van der Waals surface area contributed by atoms with Crippen molar-refractivity contribution in [2.24, 2.45) is 0 Å². The predicted molar refractivity (Wildman–Crippen MR) is 88.0 cm³/mol. The van der Waals surface area contributed by atoms with Gasteiger partial charge in [0.25, 0.3) is 0 Å². The molecule has 0 heterocycles. The van der Waals surface area contributed by atoms with Gasteiger partial charge in [0.05, 0.1) is 5.02 Å². The van der Waals surface area contributed by atoms with E-state index in [9.17, 15) is 4.39 Å². The molecule has 21 heavy (non-hydrogen) atoms. The second kappa shape index (κ2) is 7.46. The van der Waals surface area contributed by atoms with E-state index in [2.05, 4.69) is 5.32 Å². The Labute approximate surface area is 139 Å². The normalized spacial score (nSPS) is 12.4. The number of benzene rings is 2. The minimum atomic E-state index is -0.393. The van der Waals surface area contributed by atoms with Gasteiger partial charge in [0.15, 0.2) is 0 Å². The third kappa shape index (κ3) is 4.10. The molecule has 0 aliphatic carbocycles. The van der Waals surface area contributed by atoms with Crippen LogP contribution in [0.3, 0.4) is 0 Å². The van der Waals surface area contributed by atoms with Gasteiger partial charge in [-0.05, 0) is 36.7 Å². The Hall–Kier alpha value is -0.800. The first-order valence-corrected chi connectivity index (χ1v) is 7.77. The highest BCUT2D eigenvalue weighted by molar-refractivity contribution is 6.35. The van der Waals surface area contributed by atoms with Crippen molar-refractivity contribution in [2.75, 3.05) is 6.54 Å². The Bertz CT molecular complexity index is 631. The average Bonchev–Trinajstić information content (AvgIpc) is 2.44. The molecule has 2 rings (SSSR count). The van der Waals surface area contributed by atoms with Gasteiger partial charge in [0, 0.05) is 21.7 Å². The zero-order valence-corrected chi connectivity index (χ0v) is 13.7. The fourth-order valence-corrected chi connectivity index (χ4v) is 2.90. The average molecular weight is 347 g/mol. The molecule has 0 fully saturated rings. The summed E-state index contributed by atoms with van der Waals surface area (Å²) in [5.41, 5.74) is 1.45. The van der Waals surface area contributed by atoms with Crippen molar-refractivity contribution in [2.45, 2.75) is 19.4 Å². The van der Waals surface area contributed by atoms with Crippen molar-refractivity contribution >= 4 is 34.8 Å². The van der Waals surface area contributed by atoms with Gasteiger partial charge in [-0.1, -0.05) is 59.9 Å². The Morgan fingerprint density at radius 3 is 2.52 bits per heavy atom. The van der Waals surface area contributed by atoms with Gasteiger partial charge in [-0.25, -0.2) is 4.39 Å². The SMILES string of the molecule is CCNC(Cc1ccc(Cl)cc1Cl)c1cccc(Cl)c1F. The highest BCUT2D eigenvalue weighted by atomic mass is 35.5. The minimum absolute atomic E-state index is 0.123. The number of nitrogens with one attached hydrogen (secondary N) is 1. The van der Waals surface area contributed by atoms with Crippen LogP contribution in [0.25, 0.3) is 0 Å². The van der Waals surface area contributed by atoms with Crippen molar-refractivity contribution in [3.8, 4) is 0 Å². The maximum absolute atomic E-state index is 14.2. The molecule has 0 aromatic heterocycles. The van der Waals surface area contributed by atoms with Crippen LogP contribution in [-0.4, -0.2) is 6.54 Å². The van der Waals surface area contributed by atoms with Gasteiger partial charge in [0.2, 0.25) is 0 Å². The monoisotopic (exact) mass is 345 g/mol. The van der Waals surface area contributed by atoms with E-state index in [1.165, 1.54) is 0 Å². The van der Waals surface area contributed by atoms with Gasteiger partial charge in [-0.3, -0.25) is 0 Å². The molecular weight excluding hydrogens is 332 g/mol. The summed E-state index contributed by atoms with van der Waals surface area (Å²) in [7, 11) is 0. The maximum Gasteiger partial charge on any atom is 0.146 e. The fourth-order valence-electron chi connectivity index (χ4n) is 2.24. The zero-order chi connectivity index (χ0) is 15.4. The first-order chi connectivity index (χ1) is 10.0. The molecule has 5 heteroatoms. The van der Waals surface area contributed by atoms with Crippen LogP contribution in [0, 0.1) is 5.82 Å². The Morgan fingerprint density at radius 2 is 1.86 bits per heavy atom. The Morgan fingerprint density at radius 1 is 1.10 bits per heavy atom. The largest absolute Gasteiger partial charge is 0.310 e. The minimum Gasteiger partial charge on any atom is -0.310 e. The molecule has 0 bridgehead atoms. The summed E-state index contributed by atoms with van der Waals surface area (Å²) >= 11 is 18.0. The molecule has 1 unspecified atom stereocenters. The lowest BCUT2D eigenvalue weighted by atomic mass is 9.98. The molecule has 1 N–H and O–H groups in total. The fraction of sp³-hybridized carbons (Fsp3) is 0.250. The lowest BCUT2D eigenvalue weighted by Gasteiger charge is -2.20. The molecule has 2 aromatic carbocycles. The van der Waals surface area contributed by atoms with E-state index in [1.807, 2.05) is 13.0 Å². The molecule has 2 aromatic rings. The van der Waals surface area contributed by atoms with E-state index >= 15 is 0 Å². The molecule has 1 atom stereocenters. The summed E-state index contributed by atoms with van der Waals surface area (Å²) in [6.07, 6.45) is 0.557. The van der Waals surface area contributed by atoms with Crippen LogP contribution < -0.4 is 5.32 Å². The van der Waals surface area contributed by atoms with E-state index in [0.29, 0.717) is 28.6 Å². The van der Waals surface area contributed by atoms with E-state index in [-0.39, 0.29) is 11.1 Å². The number of likely N-dealkylation sites (N-methyl/N-ethyl adjacent to an activating group) is 1.